The van der Waals surface area contributed by atoms with Gasteiger partial charge >= 0.3 is 0 Å². The highest BCUT2D eigenvalue weighted by Gasteiger charge is 2.13. The number of hydrogen-bond donors (Lipinski definition) is 0. The van der Waals surface area contributed by atoms with E-state index in [9.17, 15) is 4.39 Å². The van der Waals surface area contributed by atoms with Gasteiger partial charge in [0.2, 0.25) is 0 Å². The van der Waals surface area contributed by atoms with E-state index in [1.807, 2.05) is 24.3 Å². The molecule has 0 saturated carbocycles. The van der Waals surface area contributed by atoms with Crippen molar-refractivity contribution in [2.24, 2.45) is 0 Å². The number of ether oxygens (including phenoxy) is 1. The van der Waals surface area contributed by atoms with Crippen molar-refractivity contribution in [1.29, 1.82) is 0 Å². The summed E-state index contributed by atoms with van der Waals surface area (Å²) in [6.45, 7) is 0. The van der Waals surface area contributed by atoms with Crippen molar-refractivity contribution in [2.75, 3.05) is 12.4 Å². The summed E-state index contributed by atoms with van der Waals surface area (Å²) in [5.41, 5.74) is 2.19. The van der Waals surface area contributed by atoms with Crippen LogP contribution in [0.25, 0.3) is 0 Å². The fourth-order valence-electron chi connectivity index (χ4n) is 2.14. The first-order valence-electron chi connectivity index (χ1n) is 6.28. The van der Waals surface area contributed by atoms with Gasteiger partial charge in [0.1, 0.15) is 11.6 Å². The molecule has 0 aliphatic carbocycles. The highest BCUT2D eigenvalue weighted by atomic mass is 79.9. The average molecular weight is 402 g/mol. The van der Waals surface area contributed by atoms with E-state index in [0.717, 1.165) is 27.5 Å². The molecular weight excluding hydrogens is 387 g/mol. The van der Waals surface area contributed by atoms with E-state index in [1.54, 1.807) is 19.2 Å². The van der Waals surface area contributed by atoms with Crippen LogP contribution in [0.2, 0.25) is 0 Å². The average Bonchev–Trinajstić information content (AvgIpc) is 2.45. The van der Waals surface area contributed by atoms with Crippen LogP contribution in [0, 0.1) is 5.82 Å². The van der Waals surface area contributed by atoms with Gasteiger partial charge in [-0.2, -0.15) is 0 Å². The Morgan fingerprint density at radius 2 is 2.00 bits per heavy atom. The van der Waals surface area contributed by atoms with Crippen LogP contribution >= 0.6 is 31.9 Å². The summed E-state index contributed by atoms with van der Waals surface area (Å²) in [4.78, 5) is 0. The van der Waals surface area contributed by atoms with Crippen molar-refractivity contribution in [3.05, 3.63) is 63.9 Å². The lowest BCUT2D eigenvalue weighted by Crippen LogP contribution is -2.05. The molecule has 0 bridgehead atoms. The predicted octanol–water partition coefficient (Wildman–Crippen LogP) is 5.32. The topological polar surface area (TPSA) is 9.23 Å². The summed E-state index contributed by atoms with van der Waals surface area (Å²) in [7, 11) is 1.65. The Hall–Kier alpha value is -0.870. The van der Waals surface area contributed by atoms with Crippen molar-refractivity contribution in [3.63, 3.8) is 0 Å². The van der Waals surface area contributed by atoms with Crippen molar-refractivity contribution < 1.29 is 9.13 Å². The standard InChI is InChI=1S/C16H15Br2FO/c1-20-16-6-5-11(8-15(16)18)7-13(10-17)12-3-2-4-14(19)9-12/h2-6,8-9,13H,7,10H2,1H3. The zero-order valence-corrected chi connectivity index (χ0v) is 14.2. The number of benzene rings is 2. The molecule has 0 aromatic heterocycles. The van der Waals surface area contributed by atoms with Gasteiger partial charge in [0, 0.05) is 5.33 Å². The van der Waals surface area contributed by atoms with Crippen LogP contribution < -0.4 is 4.74 Å². The molecule has 1 unspecified atom stereocenters. The largest absolute Gasteiger partial charge is 0.496 e. The maximum atomic E-state index is 13.3. The molecule has 0 radical (unpaired) electrons. The second-order valence-electron chi connectivity index (χ2n) is 4.58. The van der Waals surface area contributed by atoms with E-state index >= 15 is 0 Å². The van der Waals surface area contributed by atoms with Crippen molar-refractivity contribution in [2.45, 2.75) is 12.3 Å². The van der Waals surface area contributed by atoms with E-state index in [-0.39, 0.29) is 11.7 Å². The summed E-state index contributed by atoms with van der Waals surface area (Å²) in [5, 5.41) is 0.792. The molecule has 0 N–H and O–H groups in total. The van der Waals surface area contributed by atoms with E-state index in [2.05, 4.69) is 31.9 Å². The third-order valence-electron chi connectivity index (χ3n) is 3.20. The number of rotatable bonds is 5. The van der Waals surface area contributed by atoms with Gasteiger partial charge in [-0.05, 0) is 63.7 Å². The molecule has 0 heterocycles. The second-order valence-corrected chi connectivity index (χ2v) is 6.08. The first-order valence-corrected chi connectivity index (χ1v) is 8.19. The molecule has 1 nitrogen and oxygen atoms in total. The van der Waals surface area contributed by atoms with E-state index < -0.39 is 0 Å². The fourth-order valence-corrected chi connectivity index (χ4v) is 3.33. The Bertz CT molecular complexity index is 586. The van der Waals surface area contributed by atoms with Crippen LogP contribution in [0.4, 0.5) is 4.39 Å². The van der Waals surface area contributed by atoms with Gasteiger partial charge in [-0.25, -0.2) is 4.39 Å². The van der Waals surface area contributed by atoms with Crippen LogP contribution in [0.5, 0.6) is 5.75 Å². The zero-order valence-electron chi connectivity index (χ0n) is 11.1. The Balaban J connectivity index is 2.20. The lowest BCUT2D eigenvalue weighted by Gasteiger charge is -2.15. The Labute approximate surface area is 135 Å². The molecule has 20 heavy (non-hydrogen) atoms. The van der Waals surface area contributed by atoms with Crippen LogP contribution in [-0.2, 0) is 6.42 Å². The SMILES string of the molecule is COc1ccc(CC(CBr)c2cccc(F)c2)cc1Br. The normalized spacial score (nSPS) is 12.2. The summed E-state index contributed by atoms with van der Waals surface area (Å²) >= 11 is 7.01. The van der Waals surface area contributed by atoms with Crippen LogP contribution in [0.15, 0.2) is 46.9 Å². The van der Waals surface area contributed by atoms with Crippen LogP contribution in [0.1, 0.15) is 17.0 Å². The Morgan fingerprint density at radius 1 is 1.20 bits per heavy atom. The minimum Gasteiger partial charge on any atom is -0.496 e. The molecule has 0 aliphatic rings. The first-order chi connectivity index (χ1) is 9.63. The zero-order chi connectivity index (χ0) is 14.5. The molecule has 0 aliphatic heterocycles. The number of methoxy groups -OCH3 is 1. The summed E-state index contributed by atoms with van der Waals surface area (Å²) in [6, 6.07) is 12.8. The molecule has 4 heteroatoms. The molecule has 0 amide bonds. The molecular formula is C16H15Br2FO. The summed E-state index contributed by atoms with van der Waals surface area (Å²) in [5.74, 6) is 0.866. The van der Waals surface area contributed by atoms with Gasteiger partial charge < -0.3 is 4.74 Å². The number of alkyl halides is 1. The quantitative estimate of drug-likeness (QED) is 0.616. The van der Waals surface area contributed by atoms with Crippen molar-refractivity contribution in [1.82, 2.24) is 0 Å². The highest BCUT2D eigenvalue weighted by molar-refractivity contribution is 9.10. The molecule has 0 fully saturated rings. The molecule has 2 rings (SSSR count). The van der Waals surface area contributed by atoms with Gasteiger partial charge in [-0.15, -0.1) is 0 Å². The fraction of sp³-hybridized carbons (Fsp3) is 0.250. The Kier molecular flexibility index (Phi) is 5.61. The van der Waals surface area contributed by atoms with Gasteiger partial charge in [0.05, 0.1) is 11.6 Å². The molecule has 0 spiro atoms. The van der Waals surface area contributed by atoms with Crippen molar-refractivity contribution >= 4 is 31.9 Å². The van der Waals surface area contributed by atoms with Crippen LogP contribution in [0.3, 0.4) is 0 Å². The summed E-state index contributed by atoms with van der Waals surface area (Å²) < 4.78 is 19.5. The minimum atomic E-state index is -0.190. The van der Waals surface area contributed by atoms with Gasteiger partial charge in [-0.1, -0.05) is 34.1 Å². The molecule has 0 saturated heterocycles. The highest BCUT2D eigenvalue weighted by Crippen LogP contribution is 2.29. The van der Waals surface area contributed by atoms with E-state index in [1.165, 1.54) is 11.6 Å². The summed E-state index contributed by atoms with van der Waals surface area (Å²) in [6.07, 6.45) is 0.845. The molecule has 106 valence electrons. The maximum Gasteiger partial charge on any atom is 0.133 e. The minimum absolute atomic E-state index is 0.190. The number of hydrogen-bond acceptors (Lipinski definition) is 1. The van der Waals surface area contributed by atoms with E-state index in [4.69, 9.17) is 4.74 Å². The maximum absolute atomic E-state index is 13.3. The van der Waals surface area contributed by atoms with Gasteiger partial charge in [0.15, 0.2) is 0 Å². The number of halogens is 3. The first kappa shape index (κ1) is 15.5. The smallest absolute Gasteiger partial charge is 0.133 e. The Morgan fingerprint density at radius 3 is 2.60 bits per heavy atom. The lowest BCUT2D eigenvalue weighted by atomic mass is 9.93. The van der Waals surface area contributed by atoms with Crippen LogP contribution in [-0.4, -0.2) is 12.4 Å². The second kappa shape index (κ2) is 7.23. The monoisotopic (exact) mass is 400 g/mol. The van der Waals surface area contributed by atoms with E-state index in [0.29, 0.717) is 0 Å². The van der Waals surface area contributed by atoms with Crippen molar-refractivity contribution in [3.8, 4) is 5.75 Å². The molecule has 2 aromatic rings. The predicted molar refractivity (Wildman–Crippen MR) is 87.3 cm³/mol. The third-order valence-corrected chi connectivity index (χ3v) is 4.61. The lowest BCUT2D eigenvalue weighted by molar-refractivity contribution is 0.412. The molecule has 1 atom stereocenters. The van der Waals surface area contributed by atoms with Gasteiger partial charge in [-0.3, -0.25) is 0 Å². The molecule has 2 aromatic carbocycles. The van der Waals surface area contributed by atoms with Gasteiger partial charge in [0.25, 0.3) is 0 Å². The third kappa shape index (κ3) is 3.83.